The fourth-order valence-corrected chi connectivity index (χ4v) is 4.22. The third-order valence-corrected chi connectivity index (χ3v) is 5.97. The molecule has 134 valence electrons. The summed E-state index contributed by atoms with van der Waals surface area (Å²) in [5, 5.41) is 2.68. The quantitative estimate of drug-likeness (QED) is 0.835. The van der Waals surface area contributed by atoms with Crippen molar-refractivity contribution in [2.45, 2.75) is 4.90 Å². The second-order valence-electron chi connectivity index (χ2n) is 5.69. The monoisotopic (exact) mass is 370 g/mol. The molecule has 0 spiro atoms. The number of morpholine rings is 1. The highest BCUT2D eigenvalue weighted by atomic mass is 32.2. The van der Waals surface area contributed by atoms with Crippen LogP contribution in [0.4, 0.5) is 5.69 Å². The number of hydrogen-bond donors (Lipinski definition) is 1. The maximum absolute atomic E-state index is 12.9. The molecule has 0 aromatic heterocycles. The summed E-state index contributed by atoms with van der Waals surface area (Å²) in [6.45, 7) is 1.28. The van der Waals surface area contributed by atoms with Crippen LogP contribution in [0.3, 0.4) is 0 Å². The second kappa shape index (κ2) is 7.70. The molecule has 0 radical (unpaired) electrons. The molecule has 0 aliphatic carbocycles. The van der Waals surface area contributed by atoms with Crippen LogP contribution in [0.5, 0.6) is 0 Å². The number of nitrogens with one attached hydrogen (secondary N) is 1. The van der Waals surface area contributed by atoms with Gasteiger partial charge in [-0.2, -0.15) is 4.31 Å². The van der Waals surface area contributed by atoms with Crippen LogP contribution in [-0.4, -0.2) is 44.9 Å². The van der Waals surface area contributed by atoms with Gasteiger partial charge in [0.25, 0.3) is 5.91 Å². The van der Waals surface area contributed by atoms with Crippen molar-refractivity contribution < 1.29 is 17.9 Å². The van der Waals surface area contributed by atoms with E-state index in [-0.39, 0.29) is 23.7 Å². The van der Waals surface area contributed by atoms with Crippen LogP contribution >= 0.6 is 0 Å². The van der Waals surface area contributed by atoms with Crippen LogP contribution in [0.1, 0.15) is 15.9 Å². The molecule has 6 nitrogen and oxygen atoms in total. The van der Waals surface area contributed by atoms with E-state index in [1.54, 1.807) is 42.5 Å². The fraction of sp³-hybridized carbons (Fsp3) is 0.211. The van der Waals surface area contributed by atoms with Gasteiger partial charge in [0.05, 0.1) is 18.9 Å². The zero-order chi connectivity index (χ0) is 18.6. The first-order valence-corrected chi connectivity index (χ1v) is 9.51. The van der Waals surface area contributed by atoms with Crippen molar-refractivity contribution in [3.63, 3.8) is 0 Å². The standard InChI is InChI=1S/C19H18N2O4S/c1-2-15-6-5-7-16(14-15)19(22)20-17-8-3-4-9-18(17)26(23,24)21-10-12-25-13-11-21/h1,3-9,14H,10-13H2,(H,20,22). The number of sulfonamides is 1. The van der Waals surface area contributed by atoms with Crippen molar-refractivity contribution in [3.05, 3.63) is 59.7 Å². The normalized spacial score (nSPS) is 15.2. The predicted molar refractivity (Wildman–Crippen MR) is 98.4 cm³/mol. The van der Waals surface area contributed by atoms with Gasteiger partial charge in [0.15, 0.2) is 0 Å². The summed E-state index contributed by atoms with van der Waals surface area (Å²) in [5.41, 5.74) is 1.17. The highest BCUT2D eigenvalue weighted by molar-refractivity contribution is 7.89. The lowest BCUT2D eigenvalue weighted by atomic mass is 10.1. The summed E-state index contributed by atoms with van der Waals surface area (Å²) in [6, 6.07) is 12.9. The number of para-hydroxylation sites is 1. The molecule has 2 aromatic carbocycles. The molecule has 1 amide bonds. The molecule has 0 unspecified atom stereocenters. The number of benzene rings is 2. The molecule has 0 bridgehead atoms. The van der Waals surface area contributed by atoms with Crippen molar-refractivity contribution in [3.8, 4) is 12.3 Å². The third-order valence-electron chi connectivity index (χ3n) is 4.01. The van der Waals surface area contributed by atoms with Gasteiger partial charge >= 0.3 is 0 Å². The van der Waals surface area contributed by atoms with Crippen molar-refractivity contribution >= 4 is 21.6 Å². The minimum absolute atomic E-state index is 0.0587. The molecule has 0 saturated carbocycles. The Bertz CT molecular complexity index is 957. The molecule has 1 fully saturated rings. The smallest absolute Gasteiger partial charge is 0.255 e. The fourth-order valence-electron chi connectivity index (χ4n) is 2.67. The SMILES string of the molecule is C#Cc1cccc(C(=O)Nc2ccccc2S(=O)(=O)N2CCOCC2)c1. The van der Waals surface area contributed by atoms with Gasteiger partial charge in [-0.3, -0.25) is 4.79 Å². The minimum atomic E-state index is -3.73. The van der Waals surface area contributed by atoms with Crippen molar-refractivity contribution in [1.82, 2.24) is 4.31 Å². The summed E-state index contributed by atoms with van der Waals surface area (Å²) in [6.07, 6.45) is 5.36. The number of hydrogen-bond acceptors (Lipinski definition) is 4. The van der Waals surface area contributed by atoms with Crippen LogP contribution in [-0.2, 0) is 14.8 Å². The molecule has 0 atom stereocenters. The number of nitrogens with zero attached hydrogens (tertiary/aromatic N) is 1. The minimum Gasteiger partial charge on any atom is -0.379 e. The number of ether oxygens (including phenoxy) is 1. The van der Waals surface area contributed by atoms with Crippen molar-refractivity contribution in [2.24, 2.45) is 0 Å². The maximum Gasteiger partial charge on any atom is 0.255 e. The number of carbonyl (C=O) groups excluding carboxylic acids is 1. The zero-order valence-corrected chi connectivity index (χ0v) is 14.8. The second-order valence-corrected chi connectivity index (χ2v) is 7.60. The Balaban J connectivity index is 1.90. The number of carbonyl (C=O) groups is 1. The topological polar surface area (TPSA) is 75.7 Å². The average Bonchev–Trinajstić information content (AvgIpc) is 2.69. The van der Waals surface area contributed by atoms with E-state index in [4.69, 9.17) is 11.2 Å². The van der Waals surface area contributed by atoms with E-state index in [0.29, 0.717) is 24.3 Å². The molecule has 26 heavy (non-hydrogen) atoms. The maximum atomic E-state index is 12.9. The number of rotatable bonds is 4. The van der Waals surface area contributed by atoms with E-state index in [1.807, 2.05) is 0 Å². The Morgan fingerprint density at radius 2 is 1.85 bits per heavy atom. The van der Waals surface area contributed by atoms with Crippen LogP contribution in [0.15, 0.2) is 53.4 Å². The summed E-state index contributed by atoms with van der Waals surface area (Å²) in [5.74, 6) is 2.05. The van der Waals surface area contributed by atoms with Gasteiger partial charge in [0, 0.05) is 24.2 Å². The van der Waals surface area contributed by atoms with Crippen molar-refractivity contribution in [1.29, 1.82) is 0 Å². The van der Waals surface area contributed by atoms with Crippen LogP contribution in [0.2, 0.25) is 0 Å². The molecular formula is C19H18N2O4S. The summed E-state index contributed by atoms with van der Waals surface area (Å²) < 4.78 is 32.4. The molecule has 2 aromatic rings. The first-order chi connectivity index (χ1) is 12.5. The highest BCUT2D eigenvalue weighted by Gasteiger charge is 2.28. The van der Waals surface area contributed by atoms with Gasteiger partial charge in [0.1, 0.15) is 4.90 Å². The van der Waals surface area contributed by atoms with Gasteiger partial charge in [-0.25, -0.2) is 8.42 Å². The number of amides is 1. The Morgan fingerprint density at radius 3 is 2.58 bits per heavy atom. The Labute approximate surface area is 152 Å². The Hall–Kier alpha value is -2.66. The summed E-state index contributed by atoms with van der Waals surface area (Å²) in [4.78, 5) is 12.6. The highest BCUT2D eigenvalue weighted by Crippen LogP contribution is 2.25. The van der Waals surface area contributed by atoms with Crippen LogP contribution in [0, 0.1) is 12.3 Å². The van der Waals surface area contributed by atoms with Gasteiger partial charge < -0.3 is 10.1 Å². The molecule has 1 saturated heterocycles. The van der Waals surface area contributed by atoms with Gasteiger partial charge in [-0.15, -0.1) is 6.42 Å². The van der Waals surface area contributed by atoms with E-state index >= 15 is 0 Å². The molecular weight excluding hydrogens is 352 g/mol. The van der Waals surface area contributed by atoms with Crippen LogP contribution < -0.4 is 5.32 Å². The van der Waals surface area contributed by atoms with E-state index in [1.165, 1.54) is 10.4 Å². The van der Waals surface area contributed by atoms with E-state index < -0.39 is 15.9 Å². The predicted octanol–water partition coefficient (Wildman–Crippen LogP) is 1.94. The Kier molecular flexibility index (Phi) is 5.38. The van der Waals surface area contributed by atoms with Crippen molar-refractivity contribution in [2.75, 3.05) is 31.6 Å². The summed E-state index contributed by atoms with van der Waals surface area (Å²) >= 11 is 0. The molecule has 1 heterocycles. The van der Waals surface area contributed by atoms with Gasteiger partial charge in [0.2, 0.25) is 10.0 Å². The Morgan fingerprint density at radius 1 is 1.12 bits per heavy atom. The molecule has 1 aliphatic rings. The summed E-state index contributed by atoms with van der Waals surface area (Å²) in [7, 11) is -3.73. The van der Waals surface area contributed by atoms with E-state index in [2.05, 4.69) is 11.2 Å². The third kappa shape index (κ3) is 3.78. The lowest BCUT2D eigenvalue weighted by Crippen LogP contribution is -2.40. The van der Waals surface area contributed by atoms with E-state index in [9.17, 15) is 13.2 Å². The van der Waals surface area contributed by atoms with E-state index in [0.717, 1.165) is 0 Å². The van der Waals surface area contributed by atoms with Gasteiger partial charge in [-0.1, -0.05) is 24.1 Å². The molecule has 3 rings (SSSR count). The first-order valence-electron chi connectivity index (χ1n) is 8.07. The van der Waals surface area contributed by atoms with Crippen LogP contribution in [0.25, 0.3) is 0 Å². The molecule has 7 heteroatoms. The first kappa shape index (κ1) is 18.1. The number of anilines is 1. The van der Waals surface area contributed by atoms with Gasteiger partial charge in [-0.05, 0) is 30.3 Å². The molecule has 1 aliphatic heterocycles. The lowest BCUT2D eigenvalue weighted by Gasteiger charge is -2.26. The lowest BCUT2D eigenvalue weighted by molar-refractivity contribution is 0.0730. The zero-order valence-electron chi connectivity index (χ0n) is 14.0. The average molecular weight is 370 g/mol. The molecule has 1 N–H and O–H groups in total. The largest absolute Gasteiger partial charge is 0.379 e. The number of terminal acetylenes is 1.